The van der Waals surface area contributed by atoms with E-state index in [-0.39, 0.29) is 0 Å². The summed E-state index contributed by atoms with van der Waals surface area (Å²) in [6.45, 7) is 3.06. The Hall–Kier alpha value is -1.62. The van der Waals surface area contributed by atoms with Crippen molar-refractivity contribution in [2.45, 2.75) is 24.0 Å². The molecule has 0 bridgehead atoms. The van der Waals surface area contributed by atoms with Gasteiger partial charge >= 0.3 is 0 Å². The number of hydrogen-bond acceptors (Lipinski definition) is 5. The van der Waals surface area contributed by atoms with Crippen molar-refractivity contribution in [3.63, 3.8) is 0 Å². The molecule has 1 N–H and O–H groups in total. The quantitative estimate of drug-likeness (QED) is 0.809. The van der Waals surface area contributed by atoms with E-state index in [1.54, 1.807) is 30.4 Å². The van der Waals surface area contributed by atoms with Gasteiger partial charge in [0.1, 0.15) is 5.82 Å². The van der Waals surface area contributed by atoms with Crippen LogP contribution in [0.4, 0.5) is 5.82 Å². The summed E-state index contributed by atoms with van der Waals surface area (Å²) in [7, 11) is 0. The van der Waals surface area contributed by atoms with Gasteiger partial charge < -0.3 is 5.32 Å². The van der Waals surface area contributed by atoms with Gasteiger partial charge in [-0.1, -0.05) is 6.92 Å². The first-order chi connectivity index (χ1) is 8.88. The van der Waals surface area contributed by atoms with Crippen LogP contribution in [0.15, 0.2) is 41.8 Å². The summed E-state index contributed by atoms with van der Waals surface area (Å²) in [6, 6.07) is 3.99. The van der Waals surface area contributed by atoms with Crippen molar-refractivity contribution in [1.82, 2.24) is 15.0 Å². The molecule has 0 aliphatic heterocycles. The van der Waals surface area contributed by atoms with Crippen LogP contribution in [0.1, 0.15) is 19.0 Å². The lowest BCUT2D eigenvalue weighted by Crippen LogP contribution is -2.02. The van der Waals surface area contributed by atoms with Crippen LogP contribution in [0.25, 0.3) is 0 Å². The first-order valence-corrected chi connectivity index (χ1v) is 6.94. The molecule has 0 fully saturated rings. The lowest BCUT2D eigenvalue weighted by Gasteiger charge is -2.04. The molecule has 0 spiro atoms. The van der Waals surface area contributed by atoms with E-state index in [1.807, 2.05) is 18.3 Å². The zero-order valence-corrected chi connectivity index (χ0v) is 11.2. The van der Waals surface area contributed by atoms with Crippen LogP contribution in [-0.4, -0.2) is 21.5 Å². The standard InChI is InChI=1S/C13H16N4S/c1-2-5-15-13-9-16-11(8-17-13)10-18-12-3-6-14-7-4-12/h3-4,6-9H,2,5,10H2,1H3,(H,15,17). The predicted molar refractivity (Wildman–Crippen MR) is 74.6 cm³/mol. The van der Waals surface area contributed by atoms with E-state index in [0.29, 0.717) is 0 Å². The second-order valence-electron chi connectivity index (χ2n) is 3.79. The second-order valence-corrected chi connectivity index (χ2v) is 4.84. The summed E-state index contributed by atoms with van der Waals surface area (Å²) in [5, 5.41) is 3.21. The molecule has 2 aromatic rings. The Labute approximate surface area is 111 Å². The van der Waals surface area contributed by atoms with E-state index >= 15 is 0 Å². The van der Waals surface area contributed by atoms with Crippen LogP contribution in [0, 0.1) is 0 Å². The zero-order chi connectivity index (χ0) is 12.6. The molecule has 0 aromatic carbocycles. The lowest BCUT2D eigenvalue weighted by atomic mass is 10.4. The first-order valence-electron chi connectivity index (χ1n) is 5.96. The van der Waals surface area contributed by atoms with Gasteiger partial charge in [-0.15, -0.1) is 11.8 Å². The summed E-state index contributed by atoms with van der Waals surface area (Å²) in [5.74, 6) is 1.67. The maximum Gasteiger partial charge on any atom is 0.144 e. The zero-order valence-electron chi connectivity index (χ0n) is 10.3. The molecule has 2 rings (SSSR count). The molecular weight excluding hydrogens is 244 g/mol. The van der Waals surface area contributed by atoms with Gasteiger partial charge in [0.05, 0.1) is 18.1 Å². The Morgan fingerprint density at radius 3 is 2.67 bits per heavy atom. The fourth-order valence-electron chi connectivity index (χ4n) is 1.37. The normalized spacial score (nSPS) is 10.3. The van der Waals surface area contributed by atoms with Gasteiger partial charge in [-0.05, 0) is 18.6 Å². The molecule has 2 heterocycles. The van der Waals surface area contributed by atoms with Crippen molar-refractivity contribution < 1.29 is 0 Å². The van der Waals surface area contributed by atoms with Crippen molar-refractivity contribution in [3.05, 3.63) is 42.6 Å². The molecule has 0 unspecified atom stereocenters. The van der Waals surface area contributed by atoms with Crippen LogP contribution in [-0.2, 0) is 5.75 Å². The first kappa shape index (κ1) is 12.8. The number of aromatic nitrogens is 3. The fraction of sp³-hybridized carbons (Fsp3) is 0.308. The van der Waals surface area contributed by atoms with Crippen molar-refractivity contribution in [1.29, 1.82) is 0 Å². The molecule has 18 heavy (non-hydrogen) atoms. The van der Waals surface area contributed by atoms with Crippen LogP contribution in [0.2, 0.25) is 0 Å². The maximum absolute atomic E-state index is 4.39. The molecule has 0 amide bonds. The molecule has 5 heteroatoms. The number of rotatable bonds is 6. The minimum Gasteiger partial charge on any atom is -0.369 e. The maximum atomic E-state index is 4.39. The number of nitrogens with one attached hydrogen (secondary N) is 1. The van der Waals surface area contributed by atoms with Crippen molar-refractivity contribution in [2.24, 2.45) is 0 Å². The van der Waals surface area contributed by atoms with Gasteiger partial charge in [0.2, 0.25) is 0 Å². The SMILES string of the molecule is CCCNc1cnc(CSc2ccncc2)cn1. The highest BCUT2D eigenvalue weighted by atomic mass is 32.2. The Balaban J connectivity index is 1.86. The number of anilines is 1. The Morgan fingerprint density at radius 1 is 1.17 bits per heavy atom. The lowest BCUT2D eigenvalue weighted by molar-refractivity contribution is 0.960. The summed E-state index contributed by atoms with van der Waals surface area (Å²) < 4.78 is 0. The molecule has 0 saturated carbocycles. The molecule has 4 nitrogen and oxygen atoms in total. The van der Waals surface area contributed by atoms with Gasteiger partial charge in [0.15, 0.2) is 0 Å². The number of nitrogens with zero attached hydrogens (tertiary/aromatic N) is 3. The number of thioether (sulfide) groups is 1. The highest BCUT2D eigenvalue weighted by molar-refractivity contribution is 7.98. The summed E-state index contributed by atoms with van der Waals surface area (Å²) in [6.07, 6.45) is 8.29. The average molecular weight is 260 g/mol. The molecule has 0 aliphatic carbocycles. The fourth-order valence-corrected chi connectivity index (χ4v) is 2.14. The van der Waals surface area contributed by atoms with Gasteiger partial charge in [-0.3, -0.25) is 9.97 Å². The van der Waals surface area contributed by atoms with Crippen LogP contribution >= 0.6 is 11.8 Å². The van der Waals surface area contributed by atoms with Gasteiger partial charge in [-0.2, -0.15) is 0 Å². The summed E-state index contributed by atoms with van der Waals surface area (Å²) >= 11 is 1.73. The molecule has 0 saturated heterocycles. The Bertz CT molecular complexity index is 458. The van der Waals surface area contributed by atoms with E-state index < -0.39 is 0 Å². The molecular formula is C13H16N4S. The smallest absolute Gasteiger partial charge is 0.144 e. The van der Waals surface area contributed by atoms with E-state index in [4.69, 9.17) is 0 Å². The largest absolute Gasteiger partial charge is 0.369 e. The average Bonchev–Trinajstić information content (AvgIpc) is 2.45. The van der Waals surface area contributed by atoms with Crippen molar-refractivity contribution in [2.75, 3.05) is 11.9 Å². The minimum atomic E-state index is 0.824. The predicted octanol–water partition coefficient (Wildman–Crippen LogP) is 2.99. The number of pyridine rings is 1. The van der Waals surface area contributed by atoms with Gasteiger partial charge in [0, 0.05) is 29.6 Å². The van der Waals surface area contributed by atoms with E-state index in [0.717, 1.165) is 30.2 Å². The van der Waals surface area contributed by atoms with E-state index in [9.17, 15) is 0 Å². The highest BCUT2D eigenvalue weighted by Crippen LogP contribution is 2.20. The highest BCUT2D eigenvalue weighted by Gasteiger charge is 1.99. The third-order valence-corrected chi connectivity index (χ3v) is 3.34. The second kappa shape index (κ2) is 6.96. The van der Waals surface area contributed by atoms with Crippen molar-refractivity contribution in [3.8, 4) is 0 Å². The third-order valence-electron chi connectivity index (χ3n) is 2.30. The van der Waals surface area contributed by atoms with Crippen LogP contribution in [0.5, 0.6) is 0 Å². The van der Waals surface area contributed by atoms with Gasteiger partial charge in [-0.25, -0.2) is 4.98 Å². The topological polar surface area (TPSA) is 50.7 Å². The van der Waals surface area contributed by atoms with Crippen LogP contribution < -0.4 is 5.32 Å². The molecule has 0 aliphatic rings. The minimum absolute atomic E-state index is 0.824. The van der Waals surface area contributed by atoms with Crippen molar-refractivity contribution >= 4 is 17.6 Å². The number of hydrogen-bond donors (Lipinski definition) is 1. The molecule has 0 atom stereocenters. The third kappa shape index (κ3) is 4.00. The van der Waals surface area contributed by atoms with E-state index in [2.05, 4.69) is 27.2 Å². The monoisotopic (exact) mass is 260 g/mol. The molecule has 2 aromatic heterocycles. The van der Waals surface area contributed by atoms with E-state index in [1.165, 1.54) is 4.90 Å². The summed E-state index contributed by atoms with van der Waals surface area (Å²) in [4.78, 5) is 13.9. The van der Waals surface area contributed by atoms with Crippen LogP contribution in [0.3, 0.4) is 0 Å². The Kier molecular flexibility index (Phi) is 4.96. The molecule has 94 valence electrons. The molecule has 0 radical (unpaired) electrons. The Morgan fingerprint density at radius 2 is 2.00 bits per heavy atom. The van der Waals surface area contributed by atoms with Gasteiger partial charge in [0.25, 0.3) is 0 Å². The summed E-state index contributed by atoms with van der Waals surface area (Å²) in [5.41, 5.74) is 0.985.